The largest absolute Gasteiger partial charge is 0.322 e. The summed E-state index contributed by atoms with van der Waals surface area (Å²) in [6.07, 6.45) is 4.29. The molecule has 0 saturated carbocycles. The van der Waals surface area contributed by atoms with Gasteiger partial charge in [0.1, 0.15) is 0 Å². The van der Waals surface area contributed by atoms with E-state index in [4.69, 9.17) is 0 Å². The zero-order chi connectivity index (χ0) is 17.9. The minimum Gasteiger partial charge on any atom is -0.322 e. The van der Waals surface area contributed by atoms with Crippen molar-refractivity contribution in [2.75, 3.05) is 11.9 Å². The number of nitrogens with one attached hydrogen (secondary N) is 1. The lowest BCUT2D eigenvalue weighted by atomic mass is 10.1. The van der Waals surface area contributed by atoms with Crippen molar-refractivity contribution in [2.45, 2.75) is 32.4 Å². The molecule has 4 rings (SSSR count). The van der Waals surface area contributed by atoms with E-state index in [0.29, 0.717) is 11.6 Å². The van der Waals surface area contributed by atoms with Gasteiger partial charge in [-0.15, -0.1) is 0 Å². The lowest BCUT2D eigenvalue weighted by Crippen LogP contribution is -2.26. The van der Waals surface area contributed by atoms with Crippen LogP contribution in [0.15, 0.2) is 60.8 Å². The van der Waals surface area contributed by atoms with Crippen LogP contribution in [0.4, 0.5) is 5.69 Å². The van der Waals surface area contributed by atoms with E-state index >= 15 is 0 Å². The topological polar surface area (TPSA) is 45.2 Å². The molecular formula is C22H23N3O. The van der Waals surface area contributed by atoms with Gasteiger partial charge in [-0.05, 0) is 68.3 Å². The lowest BCUT2D eigenvalue weighted by Gasteiger charge is -2.21. The minimum atomic E-state index is -0.0791. The van der Waals surface area contributed by atoms with Gasteiger partial charge in [0.25, 0.3) is 5.91 Å². The number of fused-ring (bicyclic) bond motifs is 1. The summed E-state index contributed by atoms with van der Waals surface area (Å²) in [6, 6.07) is 18.2. The fraction of sp³-hybridized carbons (Fsp3) is 0.273. The van der Waals surface area contributed by atoms with Crippen molar-refractivity contribution in [3.05, 3.63) is 71.9 Å². The van der Waals surface area contributed by atoms with E-state index in [2.05, 4.69) is 28.2 Å². The Morgan fingerprint density at radius 1 is 1.19 bits per heavy atom. The van der Waals surface area contributed by atoms with Crippen LogP contribution in [-0.2, 0) is 6.54 Å². The molecule has 1 aliphatic rings. The number of nitrogens with zero attached hydrogens (tertiary/aromatic N) is 2. The summed E-state index contributed by atoms with van der Waals surface area (Å²) in [5.41, 5.74) is 3.59. The van der Waals surface area contributed by atoms with Crippen LogP contribution in [0.25, 0.3) is 10.9 Å². The molecule has 1 fully saturated rings. The van der Waals surface area contributed by atoms with Crippen LogP contribution < -0.4 is 5.32 Å². The molecular weight excluding hydrogens is 322 g/mol. The van der Waals surface area contributed by atoms with Crippen LogP contribution in [-0.4, -0.2) is 28.4 Å². The molecule has 1 N–H and O–H groups in total. The summed E-state index contributed by atoms with van der Waals surface area (Å²) in [6.45, 7) is 4.32. The molecule has 0 spiro atoms. The summed E-state index contributed by atoms with van der Waals surface area (Å²) in [5.74, 6) is -0.0791. The molecule has 132 valence electrons. The monoisotopic (exact) mass is 345 g/mol. The fourth-order valence-corrected chi connectivity index (χ4v) is 3.63. The van der Waals surface area contributed by atoms with Gasteiger partial charge in [0.2, 0.25) is 0 Å². The van der Waals surface area contributed by atoms with Crippen LogP contribution in [0, 0.1) is 0 Å². The van der Waals surface area contributed by atoms with Gasteiger partial charge >= 0.3 is 0 Å². The van der Waals surface area contributed by atoms with Gasteiger partial charge in [0.15, 0.2) is 0 Å². The van der Waals surface area contributed by atoms with Gasteiger partial charge in [-0.2, -0.15) is 0 Å². The molecule has 0 radical (unpaired) electrons. The molecule has 0 bridgehead atoms. The van der Waals surface area contributed by atoms with Gasteiger partial charge < -0.3 is 5.32 Å². The van der Waals surface area contributed by atoms with Crippen molar-refractivity contribution in [1.82, 2.24) is 9.88 Å². The molecule has 0 unspecified atom stereocenters. The SMILES string of the molecule is C[C@@H]1CCCN1Cc1cccc(C(=O)Nc2ccc3ncccc3c2)c1. The second kappa shape index (κ2) is 7.26. The zero-order valence-corrected chi connectivity index (χ0v) is 15.0. The van der Waals surface area contributed by atoms with Crippen molar-refractivity contribution < 1.29 is 4.79 Å². The predicted molar refractivity (Wildman–Crippen MR) is 105 cm³/mol. The van der Waals surface area contributed by atoms with E-state index in [1.54, 1.807) is 6.20 Å². The minimum absolute atomic E-state index is 0.0791. The highest BCUT2D eigenvalue weighted by Gasteiger charge is 2.20. The van der Waals surface area contributed by atoms with E-state index in [-0.39, 0.29) is 5.91 Å². The van der Waals surface area contributed by atoms with Crippen molar-refractivity contribution in [2.24, 2.45) is 0 Å². The van der Waals surface area contributed by atoms with Crippen LogP contribution in [0.1, 0.15) is 35.7 Å². The molecule has 26 heavy (non-hydrogen) atoms. The number of amides is 1. The highest BCUT2D eigenvalue weighted by Crippen LogP contribution is 2.21. The van der Waals surface area contributed by atoms with E-state index < -0.39 is 0 Å². The van der Waals surface area contributed by atoms with Crippen LogP contribution >= 0.6 is 0 Å². The van der Waals surface area contributed by atoms with Gasteiger partial charge in [-0.3, -0.25) is 14.7 Å². The third kappa shape index (κ3) is 3.60. The fourth-order valence-electron chi connectivity index (χ4n) is 3.63. The maximum atomic E-state index is 12.7. The molecule has 1 atom stereocenters. The first-order valence-electron chi connectivity index (χ1n) is 9.18. The number of anilines is 1. The standard InChI is InChI=1S/C22H23N3O/c1-16-5-4-12-25(16)15-17-6-2-7-19(13-17)22(26)24-20-9-10-21-18(14-20)8-3-11-23-21/h2-3,6-11,13-14,16H,4-5,12,15H2,1H3,(H,24,26)/t16-/m1/s1. The van der Waals surface area contributed by atoms with Crippen molar-refractivity contribution in [3.63, 3.8) is 0 Å². The van der Waals surface area contributed by atoms with Crippen molar-refractivity contribution >= 4 is 22.5 Å². The molecule has 2 heterocycles. The van der Waals surface area contributed by atoms with E-state index in [1.807, 2.05) is 48.5 Å². The van der Waals surface area contributed by atoms with E-state index in [1.165, 1.54) is 18.4 Å². The second-order valence-electron chi connectivity index (χ2n) is 7.03. The Labute approximate surface area is 153 Å². The Bertz CT molecular complexity index is 937. The maximum absolute atomic E-state index is 12.7. The first kappa shape index (κ1) is 16.7. The Morgan fingerprint density at radius 2 is 2.12 bits per heavy atom. The third-order valence-electron chi connectivity index (χ3n) is 5.13. The highest BCUT2D eigenvalue weighted by atomic mass is 16.1. The van der Waals surface area contributed by atoms with Gasteiger partial charge in [0, 0.05) is 35.4 Å². The molecule has 1 aliphatic heterocycles. The highest BCUT2D eigenvalue weighted by molar-refractivity contribution is 6.05. The van der Waals surface area contributed by atoms with Gasteiger partial charge in [-0.1, -0.05) is 18.2 Å². The maximum Gasteiger partial charge on any atom is 0.255 e. The van der Waals surface area contributed by atoms with Gasteiger partial charge in [-0.25, -0.2) is 0 Å². The number of hydrogen-bond donors (Lipinski definition) is 1. The predicted octanol–water partition coefficient (Wildman–Crippen LogP) is 4.47. The number of pyridine rings is 1. The summed E-state index contributed by atoms with van der Waals surface area (Å²) in [4.78, 5) is 19.5. The van der Waals surface area contributed by atoms with Crippen LogP contribution in [0.5, 0.6) is 0 Å². The molecule has 1 aromatic heterocycles. The Hall–Kier alpha value is -2.72. The number of carbonyl (C=O) groups is 1. The summed E-state index contributed by atoms with van der Waals surface area (Å²) < 4.78 is 0. The molecule has 2 aromatic carbocycles. The lowest BCUT2D eigenvalue weighted by molar-refractivity contribution is 0.102. The van der Waals surface area contributed by atoms with E-state index in [9.17, 15) is 4.79 Å². The summed E-state index contributed by atoms with van der Waals surface area (Å²) in [5, 5.41) is 4.02. The Balaban J connectivity index is 1.49. The summed E-state index contributed by atoms with van der Waals surface area (Å²) >= 11 is 0. The number of carbonyl (C=O) groups excluding carboxylic acids is 1. The number of rotatable bonds is 4. The number of hydrogen-bond acceptors (Lipinski definition) is 3. The van der Waals surface area contributed by atoms with Crippen LogP contribution in [0.2, 0.25) is 0 Å². The number of benzene rings is 2. The molecule has 4 heteroatoms. The number of aromatic nitrogens is 1. The van der Waals surface area contributed by atoms with Crippen LogP contribution in [0.3, 0.4) is 0 Å². The average molecular weight is 345 g/mol. The smallest absolute Gasteiger partial charge is 0.255 e. The first-order valence-corrected chi connectivity index (χ1v) is 9.18. The number of likely N-dealkylation sites (tertiary alicyclic amines) is 1. The van der Waals surface area contributed by atoms with Gasteiger partial charge in [0.05, 0.1) is 5.52 Å². The van der Waals surface area contributed by atoms with E-state index in [0.717, 1.165) is 29.7 Å². The van der Waals surface area contributed by atoms with Crippen molar-refractivity contribution in [3.8, 4) is 0 Å². The third-order valence-corrected chi connectivity index (χ3v) is 5.13. The average Bonchev–Trinajstić information content (AvgIpc) is 3.06. The Morgan fingerprint density at radius 3 is 2.96 bits per heavy atom. The first-order chi connectivity index (χ1) is 12.7. The molecule has 1 amide bonds. The quantitative estimate of drug-likeness (QED) is 0.759. The molecule has 4 nitrogen and oxygen atoms in total. The Kier molecular flexibility index (Phi) is 4.67. The summed E-state index contributed by atoms with van der Waals surface area (Å²) in [7, 11) is 0. The molecule has 0 aliphatic carbocycles. The van der Waals surface area contributed by atoms with Crippen molar-refractivity contribution in [1.29, 1.82) is 0 Å². The normalized spacial score (nSPS) is 17.5. The zero-order valence-electron chi connectivity index (χ0n) is 15.0. The second-order valence-corrected chi connectivity index (χ2v) is 7.03. The molecule has 3 aromatic rings. The molecule has 1 saturated heterocycles.